The first kappa shape index (κ1) is 23.9. The first-order chi connectivity index (χ1) is 16.8. The van der Waals surface area contributed by atoms with E-state index in [2.05, 4.69) is 17.6 Å². The smallest absolute Gasteiger partial charge is 0.316 e. The van der Waals surface area contributed by atoms with Crippen molar-refractivity contribution in [2.45, 2.75) is 56.9 Å². The number of ether oxygens (including phenoxy) is 1. The Labute approximate surface area is 207 Å². The molecule has 35 heavy (non-hydrogen) atoms. The Bertz CT molecular complexity index is 1060. The number of carboxylic acids is 1. The van der Waals surface area contributed by atoms with Crippen molar-refractivity contribution in [3.63, 3.8) is 0 Å². The number of nitrogens with one attached hydrogen (secondary N) is 2. The van der Waals surface area contributed by atoms with Crippen LogP contribution in [0.2, 0.25) is 0 Å². The van der Waals surface area contributed by atoms with Gasteiger partial charge in [-0.15, -0.1) is 0 Å². The van der Waals surface area contributed by atoms with Gasteiger partial charge in [-0.3, -0.25) is 9.59 Å². The van der Waals surface area contributed by atoms with Crippen molar-refractivity contribution in [1.82, 2.24) is 9.88 Å². The number of aliphatic carboxylic acids is 1. The van der Waals surface area contributed by atoms with Crippen LogP contribution in [0.1, 0.15) is 61.5 Å². The summed E-state index contributed by atoms with van der Waals surface area (Å²) in [5.41, 5.74) is 1.71. The van der Waals surface area contributed by atoms with Crippen molar-refractivity contribution in [3.05, 3.63) is 53.9 Å². The molecule has 1 amide bonds. The number of nitrogens with zero attached hydrogens (tertiary/aromatic N) is 1. The molecule has 1 aromatic carbocycles. The maximum absolute atomic E-state index is 13.2. The van der Waals surface area contributed by atoms with Crippen LogP contribution in [0.25, 0.3) is 0 Å². The minimum atomic E-state index is -0.958. The van der Waals surface area contributed by atoms with E-state index in [9.17, 15) is 14.7 Å². The molecule has 0 radical (unpaired) electrons. The van der Waals surface area contributed by atoms with Crippen molar-refractivity contribution in [3.8, 4) is 0 Å². The van der Waals surface area contributed by atoms with E-state index in [4.69, 9.17) is 4.74 Å². The second-order valence-corrected chi connectivity index (χ2v) is 11.1. The van der Waals surface area contributed by atoms with Gasteiger partial charge in [0.05, 0.1) is 12.6 Å². The number of hydrogen-bond donors (Lipinski definition) is 3. The quantitative estimate of drug-likeness (QED) is 0.475. The summed E-state index contributed by atoms with van der Waals surface area (Å²) in [7, 11) is 1.90. The fourth-order valence-corrected chi connectivity index (χ4v) is 6.14. The van der Waals surface area contributed by atoms with Crippen LogP contribution in [0.4, 0.5) is 5.69 Å². The number of carbonyl (C=O) groups excluding carboxylic acids is 1. The molecule has 2 aliphatic carbocycles. The highest BCUT2D eigenvalue weighted by atomic mass is 16.5. The van der Waals surface area contributed by atoms with E-state index in [0.29, 0.717) is 42.5 Å². The van der Waals surface area contributed by atoms with E-state index in [0.717, 1.165) is 11.3 Å². The summed E-state index contributed by atoms with van der Waals surface area (Å²) in [6.07, 6.45) is 8.59. The average Bonchev–Trinajstić information content (AvgIpc) is 3.19. The first-order valence-corrected chi connectivity index (χ1v) is 12.9. The maximum atomic E-state index is 13.2. The van der Waals surface area contributed by atoms with Gasteiger partial charge in [0.1, 0.15) is 11.1 Å². The lowest BCUT2D eigenvalue weighted by molar-refractivity contribution is -0.143. The first-order valence-electron chi connectivity index (χ1n) is 12.9. The molecule has 0 bridgehead atoms. The second-order valence-electron chi connectivity index (χ2n) is 11.1. The largest absolute Gasteiger partial charge is 0.481 e. The monoisotopic (exact) mass is 479 g/mol. The summed E-state index contributed by atoms with van der Waals surface area (Å²) in [6.45, 7) is 3.70. The molecule has 1 aromatic heterocycles. The van der Waals surface area contributed by atoms with Gasteiger partial charge < -0.3 is 25.0 Å². The molecule has 0 spiro atoms. The SMILES string of the molecule is Cn1cccc1C(=O)NC(CNc1ccc(C2(C(=O)O)CCOC2)cc1)C(C1CCC1)C1(C)CC1. The minimum Gasteiger partial charge on any atom is -0.481 e. The molecule has 1 saturated heterocycles. The van der Waals surface area contributed by atoms with Gasteiger partial charge >= 0.3 is 5.97 Å². The molecule has 7 nitrogen and oxygen atoms in total. The van der Waals surface area contributed by atoms with E-state index in [-0.39, 0.29) is 18.6 Å². The Morgan fingerprint density at radius 2 is 1.91 bits per heavy atom. The molecule has 1 aliphatic heterocycles. The summed E-state index contributed by atoms with van der Waals surface area (Å²) in [5, 5.41) is 16.8. The second kappa shape index (κ2) is 9.34. The number of rotatable bonds is 10. The number of amides is 1. The predicted octanol–water partition coefficient (Wildman–Crippen LogP) is 4.19. The average molecular weight is 480 g/mol. The maximum Gasteiger partial charge on any atom is 0.316 e. The normalized spacial score (nSPS) is 24.9. The Hall–Kier alpha value is -2.80. The van der Waals surface area contributed by atoms with Crippen LogP contribution in [-0.4, -0.2) is 47.4 Å². The molecule has 3 unspecified atom stereocenters. The third-order valence-corrected chi connectivity index (χ3v) is 8.82. The van der Waals surface area contributed by atoms with Gasteiger partial charge in [-0.1, -0.05) is 38.3 Å². The number of carbonyl (C=O) groups is 2. The molecule has 5 rings (SSSR count). The van der Waals surface area contributed by atoms with Gasteiger partial charge in [0.25, 0.3) is 5.91 Å². The topological polar surface area (TPSA) is 92.6 Å². The zero-order chi connectivity index (χ0) is 24.6. The molecule has 3 aliphatic rings. The van der Waals surface area contributed by atoms with Crippen LogP contribution in [0.5, 0.6) is 0 Å². The predicted molar refractivity (Wildman–Crippen MR) is 135 cm³/mol. The third kappa shape index (κ3) is 4.58. The molecule has 3 N–H and O–H groups in total. The Morgan fingerprint density at radius 1 is 1.17 bits per heavy atom. The van der Waals surface area contributed by atoms with Crippen molar-refractivity contribution in [2.75, 3.05) is 25.1 Å². The van der Waals surface area contributed by atoms with Crippen LogP contribution in [0, 0.1) is 17.3 Å². The molecular weight excluding hydrogens is 442 g/mol. The van der Waals surface area contributed by atoms with Crippen molar-refractivity contribution < 1.29 is 19.4 Å². The molecular formula is C28H37N3O4. The molecule has 2 aromatic rings. The van der Waals surface area contributed by atoms with E-state index < -0.39 is 11.4 Å². The number of carboxylic acid groups (broad SMARTS) is 1. The lowest BCUT2D eigenvalue weighted by Gasteiger charge is -2.43. The summed E-state index contributed by atoms with van der Waals surface area (Å²) in [5.74, 6) is 0.236. The van der Waals surface area contributed by atoms with Crippen molar-refractivity contribution >= 4 is 17.6 Å². The number of aromatic nitrogens is 1. The Morgan fingerprint density at radius 3 is 2.43 bits per heavy atom. The van der Waals surface area contributed by atoms with Gasteiger partial charge in [0.2, 0.25) is 0 Å². The van der Waals surface area contributed by atoms with Crippen LogP contribution >= 0.6 is 0 Å². The number of hydrogen-bond acceptors (Lipinski definition) is 4. The van der Waals surface area contributed by atoms with Gasteiger partial charge in [-0.2, -0.15) is 0 Å². The van der Waals surface area contributed by atoms with Crippen LogP contribution in [0.15, 0.2) is 42.6 Å². The highest BCUT2D eigenvalue weighted by Gasteiger charge is 2.52. The van der Waals surface area contributed by atoms with E-state index >= 15 is 0 Å². The molecule has 3 fully saturated rings. The number of aryl methyl sites for hydroxylation is 1. The molecule has 188 valence electrons. The zero-order valence-electron chi connectivity index (χ0n) is 20.8. The summed E-state index contributed by atoms with van der Waals surface area (Å²) < 4.78 is 7.29. The highest BCUT2D eigenvalue weighted by Crippen LogP contribution is 2.58. The van der Waals surface area contributed by atoms with Gasteiger partial charge in [0, 0.05) is 32.1 Å². The summed E-state index contributed by atoms with van der Waals surface area (Å²) in [4.78, 5) is 25.2. The highest BCUT2D eigenvalue weighted by molar-refractivity contribution is 5.93. The summed E-state index contributed by atoms with van der Waals surface area (Å²) in [6, 6.07) is 11.5. The van der Waals surface area contributed by atoms with Crippen molar-refractivity contribution in [1.29, 1.82) is 0 Å². The fourth-order valence-electron chi connectivity index (χ4n) is 6.14. The Kier molecular flexibility index (Phi) is 6.38. The van der Waals surface area contributed by atoms with Crippen LogP contribution in [-0.2, 0) is 22.0 Å². The lowest BCUT2D eigenvalue weighted by atomic mass is 9.66. The van der Waals surface area contributed by atoms with Crippen LogP contribution < -0.4 is 10.6 Å². The van der Waals surface area contributed by atoms with Crippen LogP contribution in [0.3, 0.4) is 0 Å². The van der Waals surface area contributed by atoms with E-state index in [1.54, 1.807) is 0 Å². The number of benzene rings is 1. The Balaban J connectivity index is 1.33. The minimum absolute atomic E-state index is 0.0171. The number of anilines is 1. The molecule has 2 saturated carbocycles. The lowest BCUT2D eigenvalue weighted by Crippen LogP contribution is -2.51. The van der Waals surface area contributed by atoms with Gasteiger partial charge in [-0.25, -0.2) is 0 Å². The zero-order valence-corrected chi connectivity index (χ0v) is 20.8. The molecule has 2 heterocycles. The molecule has 3 atom stereocenters. The molecule has 7 heteroatoms. The third-order valence-electron chi connectivity index (χ3n) is 8.82. The standard InChI is InChI=1S/C28H37N3O4/c1-27(12-13-27)24(19-5-3-6-19)22(30-25(32)23-7-4-15-31(23)2)17-29-21-10-8-20(9-11-21)28(26(33)34)14-16-35-18-28/h4,7-11,15,19,22,24,29H,3,5-6,12-14,16-18H2,1-2H3,(H,30,32)(H,33,34). The fraction of sp³-hybridized carbons (Fsp3) is 0.571. The summed E-state index contributed by atoms with van der Waals surface area (Å²) >= 11 is 0. The van der Waals surface area contributed by atoms with Gasteiger partial charge in [0.15, 0.2) is 0 Å². The van der Waals surface area contributed by atoms with E-state index in [1.165, 1.54) is 32.1 Å². The van der Waals surface area contributed by atoms with E-state index in [1.807, 2.05) is 54.2 Å². The van der Waals surface area contributed by atoms with Crippen molar-refractivity contribution in [2.24, 2.45) is 24.3 Å². The van der Waals surface area contributed by atoms with Gasteiger partial charge in [-0.05, 0) is 66.3 Å².